The monoisotopic (exact) mass is 266 g/mol. The number of nitrogens with one attached hydrogen (secondary N) is 1. The zero-order valence-corrected chi connectivity index (χ0v) is 12.4. The fourth-order valence-electron chi connectivity index (χ4n) is 4.17. The van der Waals surface area contributed by atoms with Crippen LogP contribution < -0.4 is 5.32 Å². The van der Waals surface area contributed by atoms with Crippen LogP contribution in [0, 0.1) is 0 Å². The maximum atomic E-state index is 5.72. The first-order valence-electron chi connectivity index (χ1n) is 8.43. The zero-order chi connectivity index (χ0) is 13.1. The van der Waals surface area contributed by atoms with E-state index in [1.165, 1.54) is 64.5 Å². The molecular weight excluding hydrogens is 236 g/mol. The molecule has 0 aromatic carbocycles. The van der Waals surface area contributed by atoms with Gasteiger partial charge < -0.3 is 15.0 Å². The molecule has 3 rings (SSSR count). The standard InChI is InChI=1S/C16H30N2O/c1-13(6-7-16-5-3-11-19-16)17-14-8-10-18-9-2-4-15(18)12-14/h13-17H,2-12H2,1H3/t13-,14-,15+,16+/m1/s1. The summed E-state index contributed by atoms with van der Waals surface area (Å²) < 4.78 is 5.72. The van der Waals surface area contributed by atoms with Gasteiger partial charge in [-0.05, 0) is 71.4 Å². The lowest BCUT2D eigenvalue weighted by atomic mass is 9.96. The molecule has 3 aliphatic heterocycles. The van der Waals surface area contributed by atoms with Gasteiger partial charge in [-0.3, -0.25) is 0 Å². The van der Waals surface area contributed by atoms with E-state index in [4.69, 9.17) is 4.74 Å². The first kappa shape index (κ1) is 13.8. The number of hydrogen-bond acceptors (Lipinski definition) is 3. The number of fused-ring (bicyclic) bond motifs is 1. The molecule has 0 unspecified atom stereocenters. The van der Waals surface area contributed by atoms with Gasteiger partial charge in [0.05, 0.1) is 6.10 Å². The van der Waals surface area contributed by atoms with Crippen molar-refractivity contribution in [3.05, 3.63) is 0 Å². The highest BCUT2D eigenvalue weighted by atomic mass is 16.5. The van der Waals surface area contributed by atoms with Crippen molar-refractivity contribution in [2.75, 3.05) is 19.7 Å². The lowest BCUT2D eigenvalue weighted by Crippen LogP contribution is -2.48. The molecule has 0 amide bonds. The Morgan fingerprint density at radius 3 is 3.00 bits per heavy atom. The van der Waals surface area contributed by atoms with Gasteiger partial charge in [0, 0.05) is 24.7 Å². The number of ether oxygens (including phenoxy) is 1. The van der Waals surface area contributed by atoms with Crippen LogP contribution in [0.5, 0.6) is 0 Å². The molecule has 3 saturated heterocycles. The molecular formula is C16H30N2O. The molecule has 3 nitrogen and oxygen atoms in total. The van der Waals surface area contributed by atoms with Gasteiger partial charge in [0.2, 0.25) is 0 Å². The van der Waals surface area contributed by atoms with E-state index in [-0.39, 0.29) is 0 Å². The second-order valence-electron chi connectivity index (χ2n) is 6.83. The fourth-order valence-corrected chi connectivity index (χ4v) is 4.17. The Bertz CT molecular complexity index is 278. The summed E-state index contributed by atoms with van der Waals surface area (Å²) in [5, 5.41) is 3.87. The van der Waals surface area contributed by atoms with Crippen molar-refractivity contribution in [2.45, 2.75) is 82.5 Å². The third-order valence-corrected chi connectivity index (χ3v) is 5.29. The van der Waals surface area contributed by atoms with Crippen molar-refractivity contribution in [1.29, 1.82) is 0 Å². The van der Waals surface area contributed by atoms with Gasteiger partial charge in [-0.1, -0.05) is 0 Å². The molecule has 110 valence electrons. The summed E-state index contributed by atoms with van der Waals surface area (Å²) in [6.45, 7) is 6.02. The van der Waals surface area contributed by atoms with Crippen molar-refractivity contribution in [3.63, 3.8) is 0 Å². The molecule has 1 N–H and O–H groups in total. The van der Waals surface area contributed by atoms with Crippen LogP contribution in [0.15, 0.2) is 0 Å². The van der Waals surface area contributed by atoms with E-state index >= 15 is 0 Å². The third-order valence-electron chi connectivity index (χ3n) is 5.29. The van der Waals surface area contributed by atoms with Crippen LogP contribution in [0.4, 0.5) is 0 Å². The second-order valence-corrected chi connectivity index (χ2v) is 6.83. The molecule has 3 fully saturated rings. The van der Waals surface area contributed by atoms with Crippen LogP contribution in [0.25, 0.3) is 0 Å². The van der Waals surface area contributed by atoms with Gasteiger partial charge in [0.15, 0.2) is 0 Å². The molecule has 0 radical (unpaired) electrons. The first-order valence-corrected chi connectivity index (χ1v) is 8.43. The quantitative estimate of drug-likeness (QED) is 0.827. The highest BCUT2D eigenvalue weighted by Crippen LogP contribution is 2.27. The summed E-state index contributed by atoms with van der Waals surface area (Å²) in [7, 11) is 0. The van der Waals surface area contributed by atoms with Crippen LogP contribution >= 0.6 is 0 Å². The Labute approximate surface area is 118 Å². The maximum absolute atomic E-state index is 5.72. The number of rotatable bonds is 5. The third kappa shape index (κ3) is 3.71. The van der Waals surface area contributed by atoms with Crippen molar-refractivity contribution in [1.82, 2.24) is 10.2 Å². The van der Waals surface area contributed by atoms with Gasteiger partial charge in [0.25, 0.3) is 0 Å². The van der Waals surface area contributed by atoms with E-state index < -0.39 is 0 Å². The van der Waals surface area contributed by atoms with E-state index in [9.17, 15) is 0 Å². The van der Waals surface area contributed by atoms with Crippen LogP contribution in [0.1, 0.15) is 58.3 Å². The van der Waals surface area contributed by atoms with Crippen LogP contribution in [-0.2, 0) is 4.74 Å². The minimum absolute atomic E-state index is 0.556. The summed E-state index contributed by atoms with van der Waals surface area (Å²) in [6.07, 6.45) is 11.2. The molecule has 0 bridgehead atoms. The van der Waals surface area contributed by atoms with Crippen LogP contribution in [-0.4, -0.2) is 48.8 Å². The lowest BCUT2D eigenvalue weighted by molar-refractivity contribution is 0.0982. The van der Waals surface area contributed by atoms with Crippen molar-refractivity contribution < 1.29 is 4.74 Å². The smallest absolute Gasteiger partial charge is 0.0576 e. The summed E-state index contributed by atoms with van der Waals surface area (Å²) in [6, 6.07) is 2.30. The zero-order valence-electron chi connectivity index (χ0n) is 12.4. The summed E-state index contributed by atoms with van der Waals surface area (Å²) >= 11 is 0. The van der Waals surface area contributed by atoms with Gasteiger partial charge in [-0.2, -0.15) is 0 Å². The second kappa shape index (κ2) is 6.55. The van der Waals surface area contributed by atoms with Crippen LogP contribution in [0.3, 0.4) is 0 Å². The van der Waals surface area contributed by atoms with E-state index in [0.29, 0.717) is 12.1 Å². The van der Waals surface area contributed by atoms with Gasteiger partial charge in [0.1, 0.15) is 0 Å². The van der Waals surface area contributed by atoms with E-state index in [1.807, 2.05) is 0 Å². The van der Waals surface area contributed by atoms with Gasteiger partial charge in [-0.15, -0.1) is 0 Å². The Morgan fingerprint density at radius 2 is 2.16 bits per heavy atom. The molecule has 0 aliphatic carbocycles. The Kier molecular flexibility index (Phi) is 4.78. The first-order chi connectivity index (χ1) is 9.31. The average molecular weight is 266 g/mol. The number of hydrogen-bond donors (Lipinski definition) is 1. The largest absolute Gasteiger partial charge is 0.378 e. The fraction of sp³-hybridized carbons (Fsp3) is 1.00. The Morgan fingerprint density at radius 1 is 1.21 bits per heavy atom. The number of piperidine rings is 1. The van der Waals surface area contributed by atoms with Crippen molar-refractivity contribution in [3.8, 4) is 0 Å². The normalized spacial score (nSPS) is 37.4. The van der Waals surface area contributed by atoms with Crippen molar-refractivity contribution in [2.24, 2.45) is 0 Å². The van der Waals surface area contributed by atoms with Crippen molar-refractivity contribution >= 4 is 0 Å². The number of nitrogens with zero attached hydrogens (tertiary/aromatic N) is 1. The Hall–Kier alpha value is -0.120. The van der Waals surface area contributed by atoms with E-state index in [2.05, 4.69) is 17.1 Å². The van der Waals surface area contributed by atoms with E-state index in [1.54, 1.807) is 0 Å². The van der Waals surface area contributed by atoms with Gasteiger partial charge in [-0.25, -0.2) is 0 Å². The predicted molar refractivity (Wildman–Crippen MR) is 78.4 cm³/mol. The molecule has 0 saturated carbocycles. The summed E-state index contributed by atoms with van der Waals surface area (Å²) in [5.74, 6) is 0. The highest BCUT2D eigenvalue weighted by molar-refractivity contribution is 4.90. The lowest BCUT2D eigenvalue weighted by Gasteiger charge is -2.36. The summed E-state index contributed by atoms with van der Waals surface area (Å²) in [5.41, 5.74) is 0. The Balaban J connectivity index is 1.36. The molecule has 3 heteroatoms. The average Bonchev–Trinajstić information content (AvgIpc) is 3.07. The molecule has 19 heavy (non-hydrogen) atoms. The minimum atomic E-state index is 0.556. The maximum Gasteiger partial charge on any atom is 0.0576 e. The minimum Gasteiger partial charge on any atom is -0.378 e. The molecule has 3 aliphatic rings. The predicted octanol–water partition coefficient (Wildman–Crippen LogP) is 2.55. The molecule has 4 atom stereocenters. The highest BCUT2D eigenvalue weighted by Gasteiger charge is 2.31. The van der Waals surface area contributed by atoms with Crippen LogP contribution in [0.2, 0.25) is 0 Å². The summed E-state index contributed by atoms with van der Waals surface area (Å²) in [4.78, 5) is 2.70. The topological polar surface area (TPSA) is 24.5 Å². The molecule has 0 spiro atoms. The SMILES string of the molecule is C[C@H](CC[C@@H]1CCCO1)N[C@@H]1CCN2CCC[C@H]2C1. The van der Waals surface area contributed by atoms with E-state index in [0.717, 1.165) is 18.7 Å². The molecule has 3 heterocycles. The molecule has 0 aromatic rings. The van der Waals surface area contributed by atoms with Gasteiger partial charge >= 0.3 is 0 Å². The molecule has 0 aromatic heterocycles.